The molecule has 0 heterocycles. The van der Waals surface area contributed by atoms with Crippen molar-refractivity contribution >= 4 is 12.1 Å². The first-order valence-corrected chi connectivity index (χ1v) is 6.12. The zero-order chi connectivity index (χ0) is 15.3. The van der Waals surface area contributed by atoms with Crippen LogP contribution in [0.4, 0.5) is 9.18 Å². The molecule has 5 nitrogen and oxygen atoms in total. The second kappa shape index (κ2) is 6.47. The maximum absolute atomic E-state index is 13.4. The van der Waals surface area contributed by atoms with Gasteiger partial charge in [-0.05, 0) is 32.4 Å². The Hall–Kier alpha value is -1.95. The van der Waals surface area contributed by atoms with E-state index in [1.807, 2.05) is 0 Å². The van der Waals surface area contributed by atoms with Crippen LogP contribution in [0, 0.1) is 5.82 Å². The SMILES string of the molecule is CC(C)(C)OC(=O)OC(=O)[C@@H](N)Cc1ccccc1F. The number of esters is 1. The number of hydrogen-bond donors (Lipinski definition) is 1. The highest BCUT2D eigenvalue weighted by atomic mass is 19.1. The van der Waals surface area contributed by atoms with Crippen LogP contribution < -0.4 is 5.73 Å². The highest BCUT2D eigenvalue weighted by Gasteiger charge is 2.24. The molecule has 0 amide bonds. The molecule has 0 aliphatic heterocycles. The van der Waals surface area contributed by atoms with Crippen LogP contribution in [-0.4, -0.2) is 23.8 Å². The van der Waals surface area contributed by atoms with Crippen molar-refractivity contribution in [3.05, 3.63) is 35.6 Å². The quantitative estimate of drug-likeness (QED) is 0.679. The fraction of sp³-hybridized carbons (Fsp3) is 0.429. The molecule has 0 aliphatic rings. The van der Waals surface area contributed by atoms with Crippen molar-refractivity contribution in [3.8, 4) is 0 Å². The fourth-order valence-corrected chi connectivity index (χ4v) is 1.41. The lowest BCUT2D eigenvalue weighted by Crippen LogP contribution is -2.37. The molecule has 0 saturated carbocycles. The van der Waals surface area contributed by atoms with Gasteiger partial charge in [-0.2, -0.15) is 0 Å². The summed E-state index contributed by atoms with van der Waals surface area (Å²) in [4.78, 5) is 22.9. The maximum atomic E-state index is 13.4. The normalized spacial score (nSPS) is 12.7. The van der Waals surface area contributed by atoms with Crippen molar-refractivity contribution in [2.24, 2.45) is 5.73 Å². The predicted molar refractivity (Wildman–Crippen MR) is 70.4 cm³/mol. The summed E-state index contributed by atoms with van der Waals surface area (Å²) in [5, 5.41) is 0. The molecule has 1 atom stereocenters. The minimum Gasteiger partial charge on any atom is -0.428 e. The highest BCUT2D eigenvalue weighted by molar-refractivity contribution is 5.85. The zero-order valence-corrected chi connectivity index (χ0v) is 11.7. The van der Waals surface area contributed by atoms with Gasteiger partial charge in [-0.3, -0.25) is 0 Å². The predicted octanol–water partition coefficient (Wildman–Crippen LogP) is 2.17. The van der Waals surface area contributed by atoms with Gasteiger partial charge in [0.2, 0.25) is 0 Å². The average molecular weight is 283 g/mol. The van der Waals surface area contributed by atoms with Gasteiger partial charge in [-0.15, -0.1) is 0 Å². The van der Waals surface area contributed by atoms with E-state index in [2.05, 4.69) is 4.74 Å². The molecule has 0 spiro atoms. The Kier molecular flexibility index (Phi) is 5.21. The number of carbonyl (C=O) groups is 2. The van der Waals surface area contributed by atoms with E-state index in [0.717, 1.165) is 0 Å². The lowest BCUT2D eigenvalue weighted by Gasteiger charge is -2.19. The molecule has 0 radical (unpaired) electrons. The van der Waals surface area contributed by atoms with E-state index in [-0.39, 0.29) is 12.0 Å². The Morgan fingerprint density at radius 1 is 1.30 bits per heavy atom. The van der Waals surface area contributed by atoms with Crippen LogP contribution in [0.1, 0.15) is 26.3 Å². The lowest BCUT2D eigenvalue weighted by atomic mass is 10.1. The van der Waals surface area contributed by atoms with Crippen LogP contribution in [-0.2, 0) is 20.7 Å². The largest absolute Gasteiger partial charge is 0.516 e. The molecule has 1 aromatic carbocycles. The topological polar surface area (TPSA) is 78.6 Å². The van der Waals surface area contributed by atoms with Gasteiger partial charge < -0.3 is 15.2 Å². The Morgan fingerprint density at radius 2 is 1.90 bits per heavy atom. The third-order valence-electron chi connectivity index (χ3n) is 2.27. The molecule has 0 aromatic heterocycles. The molecule has 0 saturated heterocycles. The number of halogens is 1. The summed E-state index contributed by atoms with van der Waals surface area (Å²) in [6, 6.07) is 4.80. The summed E-state index contributed by atoms with van der Waals surface area (Å²) in [5.74, 6) is -1.42. The van der Waals surface area contributed by atoms with Crippen LogP contribution in [0.3, 0.4) is 0 Å². The Bertz CT molecular complexity index is 496. The number of rotatable bonds is 3. The third kappa shape index (κ3) is 5.36. The molecular formula is C14H18FNO4. The monoisotopic (exact) mass is 283 g/mol. The number of hydrogen-bond acceptors (Lipinski definition) is 5. The van der Waals surface area contributed by atoms with Crippen LogP contribution >= 0.6 is 0 Å². The molecule has 20 heavy (non-hydrogen) atoms. The van der Waals surface area contributed by atoms with Crippen molar-refractivity contribution in [1.29, 1.82) is 0 Å². The first kappa shape index (κ1) is 16.1. The van der Waals surface area contributed by atoms with E-state index in [1.165, 1.54) is 18.2 Å². The smallest absolute Gasteiger partial charge is 0.428 e. The third-order valence-corrected chi connectivity index (χ3v) is 2.27. The molecule has 0 aliphatic carbocycles. The maximum Gasteiger partial charge on any atom is 0.516 e. The van der Waals surface area contributed by atoms with Gasteiger partial charge >= 0.3 is 12.1 Å². The van der Waals surface area contributed by atoms with Crippen LogP contribution in [0.15, 0.2) is 24.3 Å². The lowest BCUT2D eigenvalue weighted by molar-refractivity contribution is -0.142. The second-order valence-corrected chi connectivity index (χ2v) is 5.29. The minimum atomic E-state index is -1.14. The van der Waals surface area contributed by atoms with Crippen molar-refractivity contribution in [2.75, 3.05) is 0 Å². The number of nitrogens with two attached hydrogens (primary N) is 1. The van der Waals surface area contributed by atoms with Crippen LogP contribution in [0.5, 0.6) is 0 Å². The fourth-order valence-electron chi connectivity index (χ4n) is 1.41. The second-order valence-electron chi connectivity index (χ2n) is 5.29. The van der Waals surface area contributed by atoms with Crippen molar-refractivity contribution in [2.45, 2.75) is 38.8 Å². The molecule has 0 unspecified atom stereocenters. The van der Waals surface area contributed by atoms with E-state index in [1.54, 1.807) is 26.8 Å². The number of benzene rings is 1. The van der Waals surface area contributed by atoms with Gasteiger partial charge in [-0.1, -0.05) is 18.2 Å². The summed E-state index contributed by atoms with van der Waals surface area (Å²) in [6.07, 6.45) is -1.18. The van der Waals surface area contributed by atoms with E-state index >= 15 is 0 Å². The summed E-state index contributed by atoms with van der Waals surface area (Å²) < 4.78 is 22.7. The van der Waals surface area contributed by atoms with Crippen molar-refractivity contribution < 1.29 is 23.5 Å². The first-order valence-electron chi connectivity index (χ1n) is 6.12. The molecule has 0 fully saturated rings. The zero-order valence-electron chi connectivity index (χ0n) is 11.7. The van der Waals surface area contributed by atoms with Gasteiger partial charge in [-0.25, -0.2) is 14.0 Å². The molecule has 0 bridgehead atoms. The Balaban J connectivity index is 2.56. The molecule has 2 N–H and O–H groups in total. The van der Waals surface area contributed by atoms with E-state index in [4.69, 9.17) is 10.5 Å². The van der Waals surface area contributed by atoms with E-state index in [0.29, 0.717) is 0 Å². The summed E-state index contributed by atoms with van der Waals surface area (Å²) in [7, 11) is 0. The number of carbonyl (C=O) groups excluding carboxylic acids is 2. The Morgan fingerprint density at radius 3 is 2.45 bits per heavy atom. The summed E-state index contributed by atoms with van der Waals surface area (Å²) in [6.45, 7) is 4.91. The highest BCUT2D eigenvalue weighted by Crippen LogP contribution is 2.11. The standard InChI is InChI=1S/C14H18FNO4/c1-14(2,3)20-13(18)19-12(17)11(16)8-9-6-4-5-7-10(9)15/h4-7,11H,8,16H2,1-3H3/t11-/m0/s1. The van der Waals surface area contributed by atoms with Gasteiger partial charge in [0, 0.05) is 6.42 Å². The molecule has 1 rings (SSSR count). The molecular weight excluding hydrogens is 265 g/mol. The van der Waals surface area contributed by atoms with E-state index in [9.17, 15) is 14.0 Å². The van der Waals surface area contributed by atoms with Crippen LogP contribution in [0.25, 0.3) is 0 Å². The Labute approximate surface area is 116 Å². The number of ether oxygens (including phenoxy) is 2. The van der Waals surface area contributed by atoms with Gasteiger partial charge in [0.25, 0.3) is 0 Å². The molecule has 1 aromatic rings. The molecule has 110 valence electrons. The first-order chi connectivity index (χ1) is 9.19. The summed E-state index contributed by atoms with van der Waals surface area (Å²) in [5.41, 5.74) is 5.09. The minimum absolute atomic E-state index is 0.0612. The van der Waals surface area contributed by atoms with Gasteiger partial charge in [0.05, 0.1) is 0 Å². The summed E-state index contributed by atoms with van der Waals surface area (Å²) >= 11 is 0. The van der Waals surface area contributed by atoms with Gasteiger partial charge in [0.15, 0.2) is 0 Å². The van der Waals surface area contributed by atoms with E-state index < -0.39 is 29.6 Å². The van der Waals surface area contributed by atoms with Crippen molar-refractivity contribution in [3.63, 3.8) is 0 Å². The van der Waals surface area contributed by atoms with Crippen LogP contribution in [0.2, 0.25) is 0 Å². The average Bonchev–Trinajstić information content (AvgIpc) is 2.29. The molecule has 6 heteroatoms. The van der Waals surface area contributed by atoms with Crippen molar-refractivity contribution in [1.82, 2.24) is 0 Å². The van der Waals surface area contributed by atoms with Gasteiger partial charge in [0.1, 0.15) is 17.5 Å².